The van der Waals surface area contributed by atoms with Gasteiger partial charge in [0.05, 0.1) is 12.4 Å². The minimum absolute atomic E-state index is 0.539. The Morgan fingerprint density at radius 3 is 2.50 bits per heavy atom. The molecule has 0 N–H and O–H groups in total. The maximum absolute atomic E-state index is 5.40. The van der Waals surface area contributed by atoms with Crippen LogP contribution in [0.4, 0.5) is 0 Å². The molecule has 1 heteroatoms. The Kier molecular flexibility index (Phi) is 1.26. The van der Waals surface area contributed by atoms with E-state index in [2.05, 4.69) is 6.58 Å². The summed E-state index contributed by atoms with van der Waals surface area (Å²) in [6, 6.07) is 0. The molecule has 10 heavy (non-hydrogen) atoms. The van der Waals surface area contributed by atoms with Crippen molar-refractivity contribution in [1.82, 2.24) is 0 Å². The number of ether oxygens (including phenoxy) is 1. The first-order valence-corrected chi connectivity index (χ1v) is 4.11. The highest BCUT2D eigenvalue weighted by Crippen LogP contribution is 2.47. The average Bonchev–Trinajstić information content (AvgIpc) is 2.46. The maximum atomic E-state index is 5.40. The van der Waals surface area contributed by atoms with Crippen molar-refractivity contribution in [2.75, 3.05) is 6.61 Å². The highest BCUT2D eigenvalue weighted by Gasteiger charge is 2.39. The first-order valence-electron chi connectivity index (χ1n) is 4.11. The van der Waals surface area contributed by atoms with E-state index in [-0.39, 0.29) is 0 Å². The molecule has 1 aliphatic heterocycles. The molecule has 2 aliphatic rings. The highest BCUT2D eigenvalue weighted by molar-refractivity contribution is 5.01. The predicted octanol–water partition coefficient (Wildman–Crippen LogP) is 2.48. The van der Waals surface area contributed by atoms with Crippen molar-refractivity contribution in [2.24, 2.45) is 5.41 Å². The third-order valence-electron chi connectivity index (χ3n) is 2.82. The van der Waals surface area contributed by atoms with Gasteiger partial charge in [-0.2, -0.15) is 0 Å². The Morgan fingerprint density at radius 1 is 1.30 bits per heavy atom. The standard InChI is InChI=1S/C9H14O/c1-8-6-9(7-10-8)4-2-3-5-9/h1-7H2. The smallest absolute Gasteiger partial charge is 0.0937 e. The predicted molar refractivity (Wildman–Crippen MR) is 40.6 cm³/mol. The lowest BCUT2D eigenvalue weighted by molar-refractivity contribution is 0.186. The van der Waals surface area contributed by atoms with E-state index >= 15 is 0 Å². The molecule has 1 saturated carbocycles. The Bertz CT molecular complexity index is 154. The summed E-state index contributed by atoms with van der Waals surface area (Å²) in [4.78, 5) is 0. The third-order valence-corrected chi connectivity index (χ3v) is 2.82. The van der Waals surface area contributed by atoms with Crippen molar-refractivity contribution in [3.05, 3.63) is 12.3 Å². The van der Waals surface area contributed by atoms with E-state index in [1.807, 2.05) is 0 Å². The summed E-state index contributed by atoms with van der Waals surface area (Å²) in [5, 5.41) is 0. The van der Waals surface area contributed by atoms with Crippen molar-refractivity contribution < 1.29 is 4.74 Å². The van der Waals surface area contributed by atoms with Gasteiger partial charge >= 0.3 is 0 Å². The van der Waals surface area contributed by atoms with Crippen LogP contribution in [0, 0.1) is 5.41 Å². The summed E-state index contributed by atoms with van der Waals surface area (Å²) in [6.07, 6.45) is 6.67. The van der Waals surface area contributed by atoms with Crippen LogP contribution in [-0.2, 0) is 4.74 Å². The first-order chi connectivity index (χ1) is 4.81. The summed E-state index contributed by atoms with van der Waals surface area (Å²) < 4.78 is 5.40. The zero-order chi connectivity index (χ0) is 7.03. The lowest BCUT2D eigenvalue weighted by Gasteiger charge is -2.17. The quantitative estimate of drug-likeness (QED) is 0.499. The van der Waals surface area contributed by atoms with Crippen molar-refractivity contribution in [2.45, 2.75) is 32.1 Å². The number of rotatable bonds is 0. The van der Waals surface area contributed by atoms with Gasteiger partial charge in [0.1, 0.15) is 0 Å². The summed E-state index contributed by atoms with van der Waals surface area (Å²) >= 11 is 0. The van der Waals surface area contributed by atoms with Gasteiger partial charge in [-0.3, -0.25) is 0 Å². The zero-order valence-corrected chi connectivity index (χ0v) is 6.36. The molecule has 0 atom stereocenters. The summed E-state index contributed by atoms with van der Waals surface area (Å²) in [7, 11) is 0. The van der Waals surface area contributed by atoms with Gasteiger partial charge in [-0.15, -0.1) is 0 Å². The molecule has 1 aliphatic carbocycles. The van der Waals surface area contributed by atoms with E-state index in [0.717, 1.165) is 18.8 Å². The van der Waals surface area contributed by atoms with Crippen LogP contribution in [0.15, 0.2) is 12.3 Å². The van der Waals surface area contributed by atoms with E-state index in [1.54, 1.807) is 0 Å². The fraction of sp³-hybridized carbons (Fsp3) is 0.778. The van der Waals surface area contributed by atoms with Crippen LogP contribution in [0.1, 0.15) is 32.1 Å². The third kappa shape index (κ3) is 0.845. The second kappa shape index (κ2) is 2.01. The van der Waals surface area contributed by atoms with Gasteiger partial charge in [-0.25, -0.2) is 0 Å². The van der Waals surface area contributed by atoms with E-state index in [0.29, 0.717) is 5.41 Å². The number of hydrogen-bond acceptors (Lipinski definition) is 1. The minimum Gasteiger partial charge on any atom is -0.498 e. The van der Waals surface area contributed by atoms with Gasteiger partial charge < -0.3 is 4.74 Å². The van der Waals surface area contributed by atoms with Gasteiger partial charge in [-0.05, 0) is 12.8 Å². The SMILES string of the molecule is C=C1CC2(CCCC2)CO1. The van der Waals surface area contributed by atoms with Gasteiger partial charge in [0.25, 0.3) is 0 Å². The number of hydrogen-bond donors (Lipinski definition) is 0. The number of allylic oxidation sites excluding steroid dienone is 1. The molecule has 56 valence electrons. The van der Waals surface area contributed by atoms with Crippen LogP contribution < -0.4 is 0 Å². The Balaban J connectivity index is 2.09. The molecular weight excluding hydrogens is 124 g/mol. The van der Waals surface area contributed by atoms with Crippen molar-refractivity contribution >= 4 is 0 Å². The molecule has 0 radical (unpaired) electrons. The molecule has 0 aromatic rings. The fourth-order valence-electron chi connectivity index (χ4n) is 2.22. The fourth-order valence-corrected chi connectivity index (χ4v) is 2.22. The summed E-state index contributed by atoms with van der Waals surface area (Å²) in [5.41, 5.74) is 0.539. The topological polar surface area (TPSA) is 9.23 Å². The molecule has 0 aromatic carbocycles. The van der Waals surface area contributed by atoms with E-state index in [4.69, 9.17) is 4.74 Å². The van der Waals surface area contributed by atoms with Gasteiger partial charge in [0.2, 0.25) is 0 Å². The molecule has 0 unspecified atom stereocenters. The monoisotopic (exact) mass is 138 g/mol. The lowest BCUT2D eigenvalue weighted by Crippen LogP contribution is -2.14. The highest BCUT2D eigenvalue weighted by atomic mass is 16.5. The van der Waals surface area contributed by atoms with Crippen LogP contribution in [0.5, 0.6) is 0 Å². The average molecular weight is 138 g/mol. The van der Waals surface area contributed by atoms with Crippen LogP contribution in [0.3, 0.4) is 0 Å². The second-order valence-corrected chi connectivity index (χ2v) is 3.71. The summed E-state index contributed by atoms with van der Waals surface area (Å²) in [5.74, 6) is 1.02. The molecule has 2 fully saturated rings. The molecule has 1 heterocycles. The Labute approximate surface area is 62.1 Å². The molecule has 2 rings (SSSR count). The molecule has 0 aromatic heterocycles. The van der Waals surface area contributed by atoms with Gasteiger partial charge in [-0.1, -0.05) is 19.4 Å². The lowest BCUT2D eigenvalue weighted by atomic mass is 9.85. The second-order valence-electron chi connectivity index (χ2n) is 3.71. The molecule has 1 spiro atoms. The molecule has 1 nitrogen and oxygen atoms in total. The molecular formula is C9H14O. The van der Waals surface area contributed by atoms with Crippen LogP contribution in [0.2, 0.25) is 0 Å². The maximum Gasteiger partial charge on any atom is 0.0937 e. The van der Waals surface area contributed by atoms with E-state index < -0.39 is 0 Å². The Morgan fingerprint density at radius 2 is 2.00 bits per heavy atom. The normalized spacial score (nSPS) is 29.4. The largest absolute Gasteiger partial charge is 0.498 e. The molecule has 1 saturated heterocycles. The van der Waals surface area contributed by atoms with Crippen LogP contribution in [-0.4, -0.2) is 6.61 Å². The van der Waals surface area contributed by atoms with Crippen molar-refractivity contribution in [3.63, 3.8) is 0 Å². The van der Waals surface area contributed by atoms with Crippen LogP contribution >= 0.6 is 0 Å². The minimum atomic E-state index is 0.539. The van der Waals surface area contributed by atoms with Gasteiger partial charge in [0, 0.05) is 11.8 Å². The Hall–Kier alpha value is -0.460. The summed E-state index contributed by atoms with van der Waals surface area (Å²) in [6.45, 7) is 4.80. The van der Waals surface area contributed by atoms with Crippen molar-refractivity contribution in [3.8, 4) is 0 Å². The van der Waals surface area contributed by atoms with Gasteiger partial charge in [0.15, 0.2) is 0 Å². The molecule has 0 amide bonds. The zero-order valence-electron chi connectivity index (χ0n) is 6.36. The van der Waals surface area contributed by atoms with Crippen LogP contribution in [0.25, 0.3) is 0 Å². The van der Waals surface area contributed by atoms with E-state index in [9.17, 15) is 0 Å². The van der Waals surface area contributed by atoms with E-state index in [1.165, 1.54) is 25.7 Å². The van der Waals surface area contributed by atoms with Crippen molar-refractivity contribution in [1.29, 1.82) is 0 Å². The molecule has 0 bridgehead atoms. The first kappa shape index (κ1) is 6.26.